The second-order valence-corrected chi connectivity index (χ2v) is 6.08. The highest BCUT2D eigenvalue weighted by Crippen LogP contribution is 2.16. The maximum atomic E-state index is 11.9. The van der Waals surface area contributed by atoms with E-state index in [9.17, 15) is 13.6 Å². The van der Waals surface area contributed by atoms with Gasteiger partial charge in [0.25, 0.3) is 0 Å². The van der Waals surface area contributed by atoms with Gasteiger partial charge >= 0.3 is 5.97 Å². The quantitative estimate of drug-likeness (QED) is 0.387. The Morgan fingerprint density at radius 2 is 1.84 bits per heavy atom. The number of rotatable bonds is 12. The molecule has 0 saturated carbocycles. The molecule has 0 N–H and O–H groups in total. The predicted octanol–water partition coefficient (Wildman–Crippen LogP) is 4.67. The molecule has 0 spiro atoms. The van der Waals surface area contributed by atoms with E-state index in [0.29, 0.717) is 13.0 Å². The van der Waals surface area contributed by atoms with E-state index < -0.39 is 6.43 Å². The summed E-state index contributed by atoms with van der Waals surface area (Å²) in [4.78, 5) is 11.5. The van der Waals surface area contributed by atoms with Crippen LogP contribution in [0.5, 0.6) is 0 Å². The molecule has 0 fully saturated rings. The second kappa shape index (κ2) is 12.7. The lowest BCUT2D eigenvalue weighted by Crippen LogP contribution is -2.18. The van der Waals surface area contributed by atoms with Crippen molar-refractivity contribution in [2.24, 2.45) is 0 Å². The summed E-state index contributed by atoms with van der Waals surface area (Å²) in [5, 5.41) is -0.127. The first-order valence-electron chi connectivity index (χ1n) is 7.14. The zero-order valence-corrected chi connectivity index (χ0v) is 12.8. The molecule has 0 heterocycles. The number of carbonyl (C=O) groups is 1. The van der Waals surface area contributed by atoms with Crippen molar-refractivity contribution in [1.82, 2.24) is 0 Å². The molecular formula is C14H26F2O2S. The smallest absolute Gasteiger partial charge is 0.318 e. The van der Waals surface area contributed by atoms with E-state index in [0.717, 1.165) is 37.9 Å². The lowest BCUT2D eigenvalue weighted by molar-refractivity contribution is -0.142. The lowest BCUT2D eigenvalue weighted by atomic mass is 10.2. The first-order chi connectivity index (χ1) is 9.07. The Kier molecular flexibility index (Phi) is 12.5. The fourth-order valence-electron chi connectivity index (χ4n) is 1.52. The van der Waals surface area contributed by atoms with Crippen molar-refractivity contribution in [1.29, 1.82) is 0 Å². The molecule has 0 amide bonds. The minimum atomic E-state index is -2.17. The van der Waals surface area contributed by atoms with Crippen LogP contribution in [0, 0.1) is 0 Å². The number of halogens is 2. The van der Waals surface area contributed by atoms with E-state index in [1.807, 2.05) is 6.92 Å². The Labute approximate surface area is 119 Å². The molecule has 1 atom stereocenters. The Morgan fingerprint density at radius 1 is 1.16 bits per heavy atom. The molecule has 19 heavy (non-hydrogen) atoms. The van der Waals surface area contributed by atoms with Crippen molar-refractivity contribution in [2.45, 2.75) is 70.5 Å². The van der Waals surface area contributed by atoms with Gasteiger partial charge in [-0.1, -0.05) is 26.2 Å². The maximum absolute atomic E-state index is 11.9. The van der Waals surface area contributed by atoms with Gasteiger partial charge in [0.1, 0.15) is 0 Å². The molecule has 1 unspecified atom stereocenters. The molecule has 114 valence electrons. The monoisotopic (exact) mass is 296 g/mol. The van der Waals surface area contributed by atoms with Gasteiger partial charge in [-0.15, -0.1) is 11.8 Å². The zero-order valence-electron chi connectivity index (χ0n) is 12.0. The van der Waals surface area contributed by atoms with E-state index in [4.69, 9.17) is 4.74 Å². The topological polar surface area (TPSA) is 26.3 Å². The van der Waals surface area contributed by atoms with Gasteiger partial charge in [0.15, 0.2) is 0 Å². The molecule has 0 radical (unpaired) electrons. The third kappa shape index (κ3) is 12.5. The molecule has 0 aromatic rings. The molecule has 0 aliphatic carbocycles. The number of esters is 1. The number of carbonyl (C=O) groups excluding carboxylic acids is 1. The number of ether oxygens (including phenoxy) is 1. The SMILES string of the molecule is CCCCOC(=O)C(C)SCCCCCCC(F)F. The average Bonchev–Trinajstić information content (AvgIpc) is 2.37. The van der Waals surface area contributed by atoms with Crippen molar-refractivity contribution in [3.8, 4) is 0 Å². The van der Waals surface area contributed by atoms with Gasteiger partial charge in [-0.2, -0.15) is 0 Å². The van der Waals surface area contributed by atoms with Gasteiger partial charge in [0.05, 0.1) is 11.9 Å². The number of hydrogen-bond acceptors (Lipinski definition) is 3. The van der Waals surface area contributed by atoms with Crippen LogP contribution in [0.4, 0.5) is 8.78 Å². The summed E-state index contributed by atoms with van der Waals surface area (Å²) in [5.74, 6) is 0.745. The molecule has 0 bridgehead atoms. The lowest BCUT2D eigenvalue weighted by Gasteiger charge is -2.10. The number of alkyl halides is 2. The third-order valence-electron chi connectivity index (χ3n) is 2.76. The number of hydrogen-bond donors (Lipinski definition) is 0. The van der Waals surface area contributed by atoms with Crippen molar-refractivity contribution >= 4 is 17.7 Å². The Balaban J connectivity index is 3.37. The van der Waals surface area contributed by atoms with E-state index in [1.54, 1.807) is 11.8 Å². The van der Waals surface area contributed by atoms with Crippen molar-refractivity contribution < 1.29 is 18.3 Å². The van der Waals surface area contributed by atoms with E-state index in [-0.39, 0.29) is 17.6 Å². The molecule has 0 aliphatic rings. The fourth-order valence-corrected chi connectivity index (χ4v) is 2.45. The zero-order chi connectivity index (χ0) is 14.5. The third-order valence-corrected chi connectivity index (χ3v) is 3.98. The first-order valence-corrected chi connectivity index (χ1v) is 8.19. The summed E-state index contributed by atoms with van der Waals surface area (Å²) in [6, 6.07) is 0. The molecular weight excluding hydrogens is 270 g/mol. The highest BCUT2D eigenvalue weighted by Gasteiger charge is 2.14. The highest BCUT2D eigenvalue weighted by molar-refractivity contribution is 8.00. The van der Waals surface area contributed by atoms with Crippen LogP contribution < -0.4 is 0 Å². The van der Waals surface area contributed by atoms with Crippen LogP contribution in [-0.4, -0.2) is 30.0 Å². The minimum absolute atomic E-state index is 0.00724. The van der Waals surface area contributed by atoms with Crippen LogP contribution in [0.1, 0.15) is 58.8 Å². The van der Waals surface area contributed by atoms with Gasteiger partial charge in [0.2, 0.25) is 6.43 Å². The fraction of sp³-hybridized carbons (Fsp3) is 0.929. The molecule has 0 aromatic heterocycles. The summed E-state index contributed by atoms with van der Waals surface area (Å²) >= 11 is 1.58. The van der Waals surface area contributed by atoms with Gasteiger partial charge in [-0.3, -0.25) is 4.79 Å². The predicted molar refractivity (Wildman–Crippen MR) is 76.9 cm³/mol. The molecule has 5 heteroatoms. The van der Waals surface area contributed by atoms with Gasteiger partial charge in [-0.05, 0) is 31.9 Å². The Morgan fingerprint density at radius 3 is 2.47 bits per heavy atom. The van der Waals surface area contributed by atoms with E-state index in [1.165, 1.54) is 0 Å². The van der Waals surface area contributed by atoms with Crippen molar-refractivity contribution in [3.63, 3.8) is 0 Å². The van der Waals surface area contributed by atoms with Gasteiger partial charge < -0.3 is 4.74 Å². The standard InChI is InChI=1S/C14H26F2O2S/c1-3-4-10-18-14(17)12(2)19-11-8-6-5-7-9-13(15)16/h12-13H,3-11H2,1-2H3. The summed E-state index contributed by atoms with van der Waals surface area (Å²) in [5.41, 5.74) is 0. The highest BCUT2D eigenvalue weighted by atomic mass is 32.2. The number of unbranched alkanes of at least 4 members (excludes halogenated alkanes) is 4. The van der Waals surface area contributed by atoms with Crippen LogP contribution in [0.25, 0.3) is 0 Å². The normalized spacial score (nSPS) is 12.7. The summed E-state index contributed by atoms with van der Waals surface area (Å²) < 4.78 is 28.9. The van der Waals surface area contributed by atoms with Crippen molar-refractivity contribution in [2.75, 3.05) is 12.4 Å². The Bertz CT molecular complexity index is 225. The summed E-state index contributed by atoms with van der Waals surface area (Å²) in [7, 11) is 0. The summed E-state index contributed by atoms with van der Waals surface area (Å²) in [6.07, 6.45) is 3.13. The molecule has 2 nitrogen and oxygen atoms in total. The average molecular weight is 296 g/mol. The van der Waals surface area contributed by atoms with Crippen LogP contribution in [0.3, 0.4) is 0 Å². The van der Waals surface area contributed by atoms with E-state index in [2.05, 4.69) is 6.92 Å². The molecule has 0 aliphatic heterocycles. The molecule has 0 rings (SSSR count). The van der Waals surface area contributed by atoms with Crippen LogP contribution in [-0.2, 0) is 9.53 Å². The molecule has 0 saturated heterocycles. The van der Waals surface area contributed by atoms with Gasteiger partial charge in [-0.25, -0.2) is 8.78 Å². The second-order valence-electron chi connectivity index (χ2n) is 4.63. The van der Waals surface area contributed by atoms with Crippen molar-refractivity contribution in [3.05, 3.63) is 0 Å². The van der Waals surface area contributed by atoms with Gasteiger partial charge in [0, 0.05) is 6.42 Å². The van der Waals surface area contributed by atoms with E-state index >= 15 is 0 Å². The number of thioether (sulfide) groups is 1. The first kappa shape index (κ1) is 18.7. The largest absolute Gasteiger partial charge is 0.465 e. The Hall–Kier alpha value is -0.320. The minimum Gasteiger partial charge on any atom is -0.465 e. The van der Waals surface area contributed by atoms with Crippen LogP contribution in [0.15, 0.2) is 0 Å². The van der Waals surface area contributed by atoms with Crippen LogP contribution >= 0.6 is 11.8 Å². The maximum Gasteiger partial charge on any atom is 0.318 e. The molecule has 0 aromatic carbocycles. The van der Waals surface area contributed by atoms with Crippen LogP contribution in [0.2, 0.25) is 0 Å². The summed E-state index contributed by atoms with van der Waals surface area (Å²) in [6.45, 7) is 4.42.